The molecule has 1 N–H and O–H groups in total. The van der Waals surface area contributed by atoms with Crippen molar-refractivity contribution in [2.45, 2.75) is 6.54 Å². The van der Waals surface area contributed by atoms with Crippen molar-refractivity contribution in [3.8, 4) is 0 Å². The van der Waals surface area contributed by atoms with Crippen LogP contribution in [0.15, 0.2) is 83.3 Å². The quantitative estimate of drug-likeness (QED) is 0.448. The first-order valence-corrected chi connectivity index (χ1v) is 8.70. The third-order valence-corrected chi connectivity index (χ3v) is 4.47. The number of carbonyl (C=O) groups excluding carboxylic acids is 1. The summed E-state index contributed by atoms with van der Waals surface area (Å²) in [6.07, 6.45) is 0. The van der Waals surface area contributed by atoms with Gasteiger partial charge in [0.25, 0.3) is 0 Å². The van der Waals surface area contributed by atoms with Gasteiger partial charge >= 0.3 is 0 Å². The monoisotopic (exact) mass is 361 g/mol. The third kappa shape index (κ3) is 3.22. The number of carbonyl (C=O) groups is 1. The van der Waals surface area contributed by atoms with Gasteiger partial charge in [-0.05, 0) is 42.0 Å². The molecule has 0 fully saturated rings. The van der Waals surface area contributed by atoms with Crippen LogP contribution in [0.5, 0.6) is 0 Å². The maximum absolute atomic E-state index is 13.0. The summed E-state index contributed by atoms with van der Waals surface area (Å²) in [5.41, 5.74) is 3.06. The zero-order chi connectivity index (χ0) is 17.9. The lowest BCUT2D eigenvalue weighted by Gasteiger charge is -2.07. The number of para-hydroxylation sites is 1. The minimum Gasteiger partial charge on any atom is -0.450 e. The molecule has 0 amide bonds. The van der Waals surface area contributed by atoms with Crippen LogP contribution in [0.4, 0.5) is 5.69 Å². The van der Waals surface area contributed by atoms with Crippen molar-refractivity contribution in [2.24, 2.45) is 0 Å². The molecule has 0 atom stereocenters. The van der Waals surface area contributed by atoms with Gasteiger partial charge in [-0.1, -0.05) is 54.1 Å². The third-order valence-electron chi connectivity index (χ3n) is 4.22. The molecule has 1 heterocycles. The van der Waals surface area contributed by atoms with E-state index in [1.807, 2.05) is 54.6 Å². The molecule has 128 valence electrons. The zero-order valence-electron chi connectivity index (χ0n) is 13.9. The molecule has 0 spiro atoms. The van der Waals surface area contributed by atoms with E-state index >= 15 is 0 Å². The summed E-state index contributed by atoms with van der Waals surface area (Å²) < 4.78 is 5.89. The van der Waals surface area contributed by atoms with Crippen molar-refractivity contribution < 1.29 is 9.21 Å². The molecule has 26 heavy (non-hydrogen) atoms. The van der Waals surface area contributed by atoms with Gasteiger partial charge in [0.15, 0.2) is 5.76 Å². The van der Waals surface area contributed by atoms with Gasteiger partial charge in [0.2, 0.25) is 5.78 Å². The van der Waals surface area contributed by atoms with Gasteiger partial charge in [-0.2, -0.15) is 0 Å². The normalized spacial score (nSPS) is 10.8. The molecule has 4 rings (SSSR count). The molecule has 0 aliphatic rings. The highest BCUT2D eigenvalue weighted by molar-refractivity contribution is 6.30. The topological polar surface area (TPSA) is 42.2 Å². The van der Waals surface area contributed by atoms with Crippen molar-refractivity contribution in [1.29, 1.82) is 0 Å². The Balaban J connectivity index is 1.73. The van der Waals surface area contributed by atoms with Crippen LogP contribution >= 0.6 is 11.6 Å². The van der Waals surface area contributed by atoms with E-state index in [9.17, 15) is 4.79 Å². The number of anilines is 1. The Bertz CT molecular complexity index is 1050. The first-order valence-electron chi connectivity index (χ1n) is 8.32. The van der Waals surface area contributed by atoms with Crippen LogP contribution in [-0.4, -0.2) is 5.78 Å². The van der Waals surface area contributed by atoms with Crippen LogP contribution in [0.3, 0.4) is 0 Å². The smallest absolute Gasteiger partial charge is 0.230 e. The molecule has 0 aliphatic carbocycles. The molecule has 3 aromatic carbocycles. The lowest BCUT2D eigenvalue weighted by molar-refractivity contribution is 0.101. The number of halogens is 1. The average molecular weight is 362 g/mol. The van der Waals surface area contributed by atoms with Crippen LogP contribution in [0.25, 0.3) is 11.0 Å². The fraction of sp³-hybridized carbons (Fsp3) is 0.0455. The van der Waals surface area contributed by atoms with Crippen molar-refractivity contribution in [3.05, 3.63) is 101 Å². The second-order valence-corrected chi connectivity index (χ2v) is 6.41. The minimum atomic E-state index is -0.173. The van der Waals surface area contributed by atoms with E-state index in [4.69, 9.17) is 16.0 Å². The van der Waals surface area contributed by atoms with E-state index in [0.717, 1.165) is 10.9 Å². The second-order valence-electron chi connectivity index (χ2n) is 5.98. The number of benzene rings is 3. The van der Waals surface area contributed by atoms with E-state index in [1.165, 1.54) is 0 Å². The highest BCUT2D eigenvalue weighted by Gasteiger charge is 2.21. The fourth-order valence-corrected chi connectivity index (χ4v) is 3.03. The molecule has 0 saturated carbocycles. The van der Waals surface area contributed by atoms with Gasteiger partial charge < -0.3 is 9.73 Å². The molecule has 0 aliphatic heterocycles. The molecular weight excluding hydrogens is 346 g/mol. The first kappa shape index (κ1) is 16.4. The average Bonchev–Trinajstić information content (AvgIpc) is 3.06. The van der Waals surface area contributed by atoms with Gasteiger partial charge in [0, 0.05) is 22.5 Å². The molecule has 4 heteroatoms. The van der Waals surface area contributed by atoms with E-state index < -0.39 is 0 Å². The number of hydrogen-bond donors (Lipinski definition) is 1. The van der Waals surface area contributed by atoms with Gasteiger partial charge in [-0.15, -0.1) is 0 Å². The predicted octanol–water partition coefficient (Wildman–Crippen LogP) is 5.93. The van der Waals surface area contributed by atoms with E-state index in [-0.39, 0.29) is 5.78 Å². The Labute approximate surface area is 156 Å². The van der Waals surface area contributed by atoms with Crippen LogP contribution in [0.2, 0.25) is 5.02 Å². The number of furan rings is 1. The minimum absolute atomic E-state index is 0.173. The van der Waals surface area contributed by atoms with Crippen LogP contribution < -0.4 is 5.32 Å². The lowest BCUT2D eigenvalue weighted by atomic mass is 10.1. The lowest BCUT2D eigenvalue weighted by Crippen LogP contribution is -2.06. The molecular formula is C22H16ClNO2. The summed E-state index contributed by atoms with van der Waals surface area (Å²) in [5.74, 6) is 0.137. The molecule has 4 aromatic rings. The number of fused-ring (bicyclic) bond motifs is 1. The van der Waals surface area contributed by atoms with Gasteiger partial charge in [0.1, 0.15) is 5.58 Å². The highest BCUT2D eigenvalue weighted by atomic mass is 35.5. The zero-order valence-corrected chi connectivity index (χ0v) is 14.7. The summed E-state index contributed by atoms with van der Waals surface area (Å²) in [7, 11) is 0. The molecule has 1 aromatic heterocycles. The molecule has 0 radical (unpaired) electrons. The Kier molecular flexibility index (Phi) is 4.46. The van der Waals surface area contributed by atoms with Crippen LogP contribution in [0.1, 0.15) is 21.7 Å². The maximum atomic E-state index is 13.0. The van der Waals surface area contributed by atoms with Crippen molar-refractivity contribution in [3.63, 3.8) is 0 Å². The fourth-order valence-electron chi connectivity index (χ4n) is 2.90. The largest absolute Gasteiger partial charge is 0.450 e. The summed E-state index contributed by atoms with van der Waals surface area (Å²) in [4.78, 5) is 13.0. The van der Waals surface area contributed by atoms with E-state index in [2.05, 4.69) is 5.32 Å². The van der Waals surface area contributed by atoms with E-state index in [0.29, 0.717) is 34.2 Å². The Morgan fingerprint density at radius 3 is 2.35 bits per heavy atom. The summed E-state index contributed by atoms with van der Waals surface area (Å²) >= 11 is 5.93. The van der Waals surface area contributed by atoms with Crippen molar-refractivity contribution in [1.82, 2.24) is 0 Å². The number of rotatable bonds is 5. The molecule has 0 bridgehead atoms. The Hall–Kier alpha value is -3.04. The highest BCUT2D eigenvalue weighted by Crippen LogP contribution is 2.33. The van der Waals surface area contributed by atoms with Crippen LogP contribution in [0, 0.1) is 0 Å². The van der Waals surface area contributed by atoms with Crippen LogP contribution in [-0.2, 0) is 6.54 Å². The second kappa shape index (κ2) is 7.06. The number of ketones is 1. The number of nitrogens with one attached hydrogen (secondary N) is 1. The van der Waals surface area contributed by atoms with E-state index in [1.54, 1.807) is 24.3 Å². The number of hydrogen-bond acceptors (Lipinski definition) is 3. The summed E-state index contributed by atoms with van der Waals surface area (Å²) in [6, 6.07) is 24.5. The molecule has 0 saturated heterocycles. The maximum Gasteiger partial charge on any atom is 0.230 e. The molecule has 0 unspecified atom stereocenters. The van der Waals surface area contributed by atoms with Gasteiger partial charge in [-0.3, -0.25) is 4.79 Å². The SMILES string of the molecule is O=C(c1ccc(Cl)cc1)c1oc2ccccc2c1NCc1ccccc1. The Morgan fingerprint density at radius 1 is 0.885 bits per heavy atom. The molecule has 3 nitrogen and oxygen atoms in total. The van der Waals surface area contributed by atoms with Gasteiger partial charge in [-0.25, -0.2) is 0 Å². The standard InChI is InChI=1S/C22H16ClNO2/c23-17-12-10-16(11-13-17)21(25)22-20(18-8-4-5-9-19(18)26-22)24-14-15-6-2-1-3-7-15/h1-13,24H,14H2. The van der Waals surface area contributed by atoms with Gasteiger partial charge in [0.05, 0.1) is 5.69 Å². The van der Waals surface area contributed by atoms with Crippen molar-refractivity contribution in [2.75, 3.05) is 5.32 Å². The Morgan fingerprint density at radius 2 is 1.58 bits per heavy atom. The summed E-state index contributed by atoms with van der Waals surface area (Å²) in [6.45, 7) is 0.602. The van der Waals surface area contributed by atoms with Crippen molar-refractivity contribution >= 4 is 34.0 Å². The predicted molar refractivity (Wildman–Crippen MR) is 105 cm³/mol. The summed E-state index contributed by atoms with van der Waals surface area (Å²) in [5, 5.41) is 4.85. The first-order chi connectivity index (χ1) is 12.7.